The molecule has 0 heterocycles. The molecule has 0 aliphatic heterocycles. The molecule has 1 atom stereocenters. The summed E-state index contributed by atoms with van der Waals surface area (Å²) >= 11 is 0. The first-order valence-corrected chi connectivity index (χ1v) is 7.06. The molecule has 0 aliphatic carbocycles. The standard InChI is InChI=1S/C10H21O4P/c1-5-13-15(12,14-6-2)8-7-9(3)10(4)11/h9H,5-8H2,1-4H3. The summed E-state index contributed by atoms with van der Waals surface area (Å²) in [6, 6.07) is 0. The first-order chi connectivity index (χ1) is 6.95. The van der Waals surface area contributed by atoms with Crippen LogP contribution in [-0.4, -0.2) is 25.2 Å². The van der Waals surface area contributed by atoms with E-state index < -0.39 is 7.60 Å². The highest BCUT2D eigenvalue weighted by molar-refractivity contribution is 7.53. The molecule has 0 N–H and O–H groups in total. The SMILES string of the molecule is CCOP(=O)(CCC(C)C(C)=O)OCC. The van der Waals surface area contributed by atoms with Gasteiger partial charge in [-0.25, -0.2) is 0 Å². The van der Waals surface area contributed by atoms with E-state index in [9.17, 15) is 9.36 Å². The predicted octanol–water partition coefficient (Wildman–Crippen LogP) is 2.87. The Morgan fingerprint density at radius 2 is 1.73 bits per heavy atom. The third kappa shape index (κ3) is 6.08. The van der Waals surface area contributed by atoms with Crippen LogP contribution in [0.4, 0.5) is 0 Å². The Hall–Kier alpha value is -0.180. The summed E-state index contributed by atoms with van der Waals surface area (Å²) in [6.45, 7) is 7.65. The molecule has 0 aromatic carbocycles. The molecule has 0 fully saturated rings. The second-order valence-electron chi connectivity index (χ2n) is 3.47. The summed E-state index contributed by atoms with van der Waals surface area (Å²) < 4.78 is 22.2. The van der Waals surface area contributed by atoms with Gasteiger partial charge < -0.3 is 9.05 Å². The van der Waals surface area contributed by atoms with Crippen LogP contribution in [0.3, 0.4) is 0 Å². The van der Waals surface area contributed by atoms with Gasteiger partial charge in [0.2, 0.25) is 0 Å². The number of carbonyl (C=O) groups excluding carboxylic acids is 1. The van der Waals surface area contributed by atoms with E-state index in [0.29, 0.717) is 25.8 Å². The summed E-state index contributed by atoms with van der Waals surface area (Å²) in [5, 5.41) is 0. The Bertz CT molecular complexity index is 230. The fourth-order valence-corrected chi connectivity index (χ4v) is 2.94. The lowest BCUT2D eigenvalue weighted by Gasteiger charge is -2.18. The quantitative estimate of drug-likeness (QED) is 0.608. The second kappa shape index (κ2) is 7.15. The van der Waals surface area contributed by atoms with Gasteiger partial charge in [0.05, 0.1) is 19.4 Å². The van der Waals surface area contributed by atoms with Gasteiger partial charge in [-0.2, -0.15) is 0 Å². The molecule has 0 saturated carbocycles. The number of rotatable bonds is 8. The van der Waals surface area contributed by atoms with E-state index >= 15 is 0 Å². The van der Waals surface area contributed by atoms with Crippen molar-refractivity contribution in [1.29, 1.82) is 0 Å². The smallest absolute Gasteiger partial charge is 0.309 e. The lowest BCUT2D eigenvalue weighted by molar-refractivity contribution is -0.120. The molecule has 0 aromatic heterocycles. The Kier molecular flexibility index (Phi) is 7.07. The van der Waals surface area contributed by atoms with Crippen molar-refractivity contribution in [3.63, 3.8) is 0 Å². The average molecular weight is 236 g/mol. The maximum absolute atomic E-state index is 12.0. The van der Waals surface area contributed by atoms with Crippen LogP contribution < -0.4 is 0 Å². The first-order valence-electron chi connectivity index (χ1n) is 5.33. The largest absolute Gasteiger partial charge is 0.330 e. The number of hydrogen-bond donors (Lipinski definition) is 0. The Morgan fingerprint density at radius 3 is 2.07 bits per heavy atom. The fourth-order valence-electron chi connectivity index (χ4n) is 1.11. The number of hydrogen-bond acceptors (Lipinski definition) is 4. The summed E-state index contributed by atoms with van der Waals surface area (Å²) in [7, 11) is -2.97. The van der Waals surface area contributed by atoms with Crippen molar-refractivity contribution in [2.75, 3.05) is 19.4 Å². The summed E-state index contributed by atoms with van der Waals surface area (Å²) in [4.78, 5) is 11.0. The van der Waals surface area contributed by atoms with E-state index in [1.807, 2.05) is 6.92 Å². The molecule has 0 aromatic rings. The van der Waals surface area contributed by atoms with Crippen LogP contribution in [0.1, 0.15) is 34.1 Å². The maximum Gasteiger partial charge on any atom is 0.330 e. The topological polar surface area (TPSA) is 52.6 Å². The van der Waals surface area contributed by atoms with Crippen molar-refractivity contribution in [3.05, 3.63) is 0 Å². The lowest BCUT2D eigenvalue weighted by atomic mass is 10.1. The second-order valence-corrected chi connectivity index (χ2v) is 5.66. The van der Waals surface area contributed by atoms with Crippen LogP contribution in [0.25, 0.3) is 0 Å². The lowest BCUT2D eigenvalue weighted by Crippen LogP contribution is -2.10. The number of ketones is 1. The third-order valence-corrected chi connectivity index (χ3v) is 4.29. The Balaban J connectivity index is 4.18. The van der Waals surface area contributed by atoms with Crippen LogP contribution >= 0.6 is 7.60 Å². The predicted molar refractivity (Wildman–Crippen MR) is 60.2 cm³/mol. The molecule has 5 heteroatoms. The van der Waals surface area contributed by atoms with Gasteiger partial charge in [-0.1, -0.05) is 6.92 Å². The molecule has 15 heavy (non-hydrogen) atoms. The number of Topliss-reactive ketones (excluding diaryl/α,β-unsaturated/α-hetero) is 1. The van der Waals surface area contributed by atoms with Gasteiger partial charge in [0.1, 0.15) is 5.78 Å². The van der Waals surface area contributed by atoms with Gasteiger partial charge in [-0.05, 0) is 27.2 Å². The van der Waals surface area contributed by atoms with E-state index in [-0.39, 0.29) is 11.7 Å². The molecule has 0 radical (unpaired) electrons. The minimum Gasteiger partial charge on any atom is -0.309 e. The summed E-state index contributed by atoms with van der Waals surface area (Å²) in [5.74, 6) is 0.0220. The van der Waals surface area contributed by atoms with Crippen molar-refractivity contribution >= 4 is 13.4 Å². The van der Waals surface area contributed by atoms with Crippen LogP contribution in [0.15, 0.2) is 0 Å². The van der Waals surface area contributed by atoms with Gasteiger partial charge in [-0.15, -0.1) is 0 Å². The van der Waals surface area contributed by atoms with Crippen LogP contribution in [0, 0.1) is 5.92 Å². The van der Waals surface area contributed by atoms with E-state index in [2.05, 4.69) is 0 Å². The van der Waals surface area contributed by atoms with Crippen LogP contribution in [0.5, 0.6) is 0 Å². The van der Waals surface area contributed by atoms with Crippen LogP contribution in [-0.2, 0) is 18.4 Å². The molecule has 0 spiro atoms. The molecule has 90 valence electrons. The third-order valence-electron chi connectivity index (χ3n) is 2.18. The van der Waals surface area contributed by atoms with E-state index in [1.54, 1.807) is 13.8 Å². The van der Waals surface area contributed by atoms with Crippen LogP contribution in [0.2, 0.25) is 0 Å². The monoisotopic (exact) mass is 236 g/mol. The first kappa shape index (κ1) is 14.8. The zero-order chi connectivity index (χ0) is 11.9. The highest BCUT2D eigenvalue weighted by atomic mass is 31.2. The summed E-state index contributed by atoms with van der Waals surface area (Å²) in [5.41, 5.74) is 0. The van der Waals surface area contributed by atoms with Crippen molar-refractivity contribution in [2.24, 2.45) is 5.92 Å². The van der Waals surface area contributed by atoms with E-state index in [0.717, 1.165) is 0 Å². The van der Waals surface area contributed by atoms with Gasteiger partial charge in [0.25, 0.3) is 0 Å². The molecule has 4 nitrogen and oxygen atoms in total. The van der Waals surface area contributed by atoms with E-state index in [4.69, 9.17) is 9.05 Å². The fraction of sp³-hybridized carbons (Fsp3) is 0.900. The molecule has 0 aliphatic rings. The molecular formula is C10H21O4P. The molecule has 0 amide bonds. The van der Waals surface area contributed by atoms with Crippen molar-refractivity contribution in [2.45, 2.75) is 34.1 Å². The van der Waals surface area contributed by atoms with E-state index in [1.165, 1.54) is 6.92 Å². The van der Waals surface area contributed by atoms with Gasteiger partial charge >= 0.3 is 7.60 Å². The van der Waals surface area contributed by atoms with Crippen molar-refractivity contribution in [3.8, 4) is 0 Å². The zero-order valence-corrected chi connectivity index (χ0v) is 10.9. The molecule has 0 rings (SSSR count). The maximum atomic E-state index is 12.0. The average Bonchev–Trinajstić information content (AvgIpc) is 2.15. The number of carbonyl (C=O) groups is 1. The van der Waals surface area contributed by atoms with Gasteiger partial charge in [-0.3, -0.25) is 9.36 Å². The minimum absolute atomic E-state index is 0.0840. The molecule has 1 unspecified atom stereocenters. The minimum atomic E-state index is -2.97. The summed E-state index contributed by atoms with van der Waals surface area (Å²) in [6.07, 6.45) is 0.863. The Labute approximate surface area is 91.9 Å². The Morgan fingerprint density at radius 1 is 1.27 bits per heavy atom. The van der Waals surface area contributed by atoms with Crippen molar-refractivity contribution in [1.82, 2.24) is 0 Å². The molecule has 0 saturated heterocycles. The highest BCUT2D eigenvalue weighted by Gasteiger charge is 2.24. The highest BCUT2D eigenvalue weighted by Crippen LogP contribution is 2.49. The molecular weight excluding hydrogens is 215 g/mol. The zero-order valence-electron chi connectivity index (χ0n) is 9.99. The van der Waals surface area contributed by atoms with Crippen molar-refractivity contribution < 1.29 is 18.4 Å². The molecule has 0 bridgehead atoms. The normalized spacial score (nSPS) is 13.9. The van der Waals surface area contributed by atoms with Gasteiger partial charge in [0.15, 0.2) is 0 Å². The van der Waals surface area contributed by atoms with Gasteiger partial charge in [0, 0.05) is 5.92 Å².